The lowest BCUT2D eigenvalue weighted by atomic mass is 10.3. The number of carboxylic acid groups (broad SMARTS) is 1. The minimum atomic E-state index is -1.01. The Kier molecular flexibility index (Phi) is 1.40. The van der Waals surface area contributed by atoms with Crippen LogP contribution in [0.2, 0.25) is 0 Å². The Labute approximate surface area is 51.2 Å². The van der Waals surface area contributed by atoms with Crippen molar-refractivity contribution in [3.05, 3.63) is 0 Å². The van der Waals surface area contributed by atoms with Gasteiger partial charge in [-0.1, -0.05) is 0 Å². The van der Waals surface area contributed by atoms with Crippen molar-refractivity contribution in [3.8, 4) is 0 Å². The smallest absolute Gasteiger partial charge is 0.324 e. The number of carbonyl (C=O) groups is 1. The van der Waals surface area contributed by atoms with E-state index in [2.05, 4.69) is 4.74 Å². The van der Waals surface area contributed by atoms with E-state index in [1.54, 1.807) is 0 Å². The van der Waals surface area contributed by atoms with Gasteiger partial charge in [-0.15, -0.1) is 11.6 Å². The molecule has 0 aliphatic carbocycles. The first kappa shape index (κ1) is 5.85. The zero-order valence-electron chi connectivity index (χ0n) is 4.00. The number of hydrogen-bond acceptors (Lipinski definition) is 2. The molecule has 0 radical (unpaired) electrons. The van der Waals surface area contributed by atoms with E-state index in [1.807, 2.05) is 0 Å². The summed E-state index contributed by atoms with van der Waals surface area (Å²) in [6.45, 7) is 0.487. The first-order valence-electron chi connectivity index (χ1n) is 2.20. The van der Waals surface area contributed by atoms with E-state index < -0.39 is 11.3 Å². The van der Waals surface area contributed by atoms with Crippen molar-refractivity contribution in [1.82, 2.24) is 0 Å². The van der Waals surface area contributed by atoms with Gasteiger partial charge in [0.05, 0.1) is 6.61 Å². The van der Waals surface area contributed by atoms with Crippen LogP contribution in [0.15, 0.2) is 0 Å². The Bertz CT molecular complexity index is 110. The molecule has 3 nitrogen and oxygen atoms in total. The number of hydrogen-bond donors (Lipinski definition) is 1. The number of carboxylic acids is 1. The molecule has 0 saturated carbocycles. The molecule has 0 amide bonds. The van der Waals surface area contributed by atoms with Crippen LogP contribution >= 0.6 is 11.6 Å². The third-order valence-electron chi connectivity index (χ3n) is 0.921. The fourth-order valence-corrected chi connectivity index (χ4v) is 0.529. The summed E-state index contributed by atoms with van der Waals surface area (Å²) in [6.07, 6.45) is -0.242. The molecule has 1 fully saturated rings. The Morgan fingerprint density at radius 1 is 2.00 bits per heavy atom. The molecule has 1 heterocycles. The summed E-state index contributed by atoms with van der Waals surface area (Å²) in [7, 11) is 0. The van der Waals surface area contributed by atoms with Gasteiger partial charge in [-0.2, -0.15) is 0 Å². The van der Waals surface area contributed by atoms with Crippen LogP contribution in [0.25, 0.3) is 0 Å². The van der Waals surface area contributed by atoms with Gasteiger partial charge in [-0.3, -0.25) is 4.79 Å². The van der Waals surface area contributed by atoms with Crippen molar-refractivity contribution in [2.75, 3.05) is 6.61 Å². The second-order valence-electron chi connectivity index (χ2n) is 1.61. The normalized spacial score (nSPS) is 29.4. The highest BCUT2D eigenvalue weighted by Gasteiger charge is 2.36. The zero-order chi connectivity index (χ0) is 6.15. The number of aliphatic carboxylic acids is 1. The summed E-state index contributed by atoms with van der Waals surface area (Å²) in [6, 6.07) is 0. The van der Waals surface area contributed by atoms with E-state index in [1.165, 1.54) is 0 Å². The van der Waals surface area contributed by atoms with Crippen LogP contribution in [-0.2, 0) is 9.53 Å². The van der Waals surface area contributed by atoms with E-state index in [0.29, 0.717) is 6.61 Å². The lowest BCUT2D eigenvalue weighted by Crippen LogP contribution is -2.19. The third-order valence-corrected chi connectivity index (χ3v) is 1.39. The average Bonchev–Trinajstić information content (AvgIpc) is 2.43. The van der Waals surface area contributed by atoms with E-state index in [-0.39, 0.29) is 6.10 Å². The molecule has 0 spiro atoms. The van der Waals surface area contributed by atoms with Gasteiger partial charge in [0.15, 0.2) is 5.38 Å². The molecule has 1 saturated heterocycles. The van der Waals surface area contributed by atoms with Gasteiger partial charge in [0.1, 0.15) is 6.10 Å². The molecule has 0 aromatic rings. The van der Waals surface area contributed by atoms with E-state index in [4.69, 9.17) is 16.7 Å². The Hall–Kier alpha value is -0.280. The predicted molar refractivity (Wildman–Crippen MR) is 27.0 cm³/mol. The van der Waals surface area contributed by atoms with Gasteiger partial charge in [0, 0.05) is 0 Å². The highest BCUT2D eigenvalue weighted by molar-refractivity contribution is 6.30. The Morgan fingerprint density at radius 2 is 2.50 bits per heavy atom. The van der Waals surface area contributed by atoms with Crippen LogP contribution in [0.3, 0.4) is 0 Å². The summed E-state index contributed by atoms with van der Waals surface area (Å²) in [5.41, 5.74) is 0. The van der Waals surface area contributed by atoms with Crippen LogP contribution in [-0.4, -0.2) is 29.2 Å². The monoisotopic (exact) mass is 136 g/mol. The molecule has 1 rings (SSSR count). The van der Waals surface area contributed by atoms with Crippen LogP contribution in [0.5, 0.6) is 0 Å². The highest BCUT2D eigenvalue weighted by atomic mass is 35.5. The number of halogens is 1. The van der Waals surface area contributed by atoms with E-state index in [9.17, 15) is 4.79 Å². The molecular formula is C4H5ClO3. The standard InChI is InChI=1S/C4H5ClO3/c5-3(4(6)7)2-1-8-2/h2-3H,1H2,(H,6,7)/t2-,3-/m1/s1. The Morgan fingerprint density at radius 3 is 2.62 bits per heavy atom. The fourth-order valence-electron chi connectivity index (χ4n) is 0.384. The SMILES string of the molecule is O=C(O)[C@H](Cl)[C@H]1CO1. The van der Waals surface area contributed by atoms with E-state index >= 15 is 0 Å². The molecule has 0 unspecified atom stereocenters. The molecule has 46 valence electrons. The van der Waals surface area contributed by atoms with Gasteiger partial charge in [-0.25, -0.2) is 0 Å². The predicted octanol–water partition coefficient (Wildman–Crippen LogP) is 0.0772. The third kappa shape index (κ3) is 1.11. The Balaban J connectivity index is 2.32. The molecule has 0 bridgehead atoms. The highest BCUT2D eigenvalue weighted by Crippen LogP contribution is 2.18. The second-order valence-corrected chi connectivity index (χ2v) is 2.08. The first-order chi connectivity index (χ1) is 3.72. The van der Waals surface area contributed by atoms with Gasteiger partial charge < -0.3 is 9.84 Å². The van der Waals surface area contributed by atoms with E-state index in [0.717, 1.165) is 0 Å². The summed E-state index contributed by atoms with van der Waals surface area (Å²) >= 11 is 5.29. The largest absolute Gasteiger partial charge is 0.480 e. The first-order valence-corrected chi connectivity index (χ1v) is 2.64. The average molecular weight is 137 g/mol. The maximum atomic E-state index is 9.97. The molecule has 0 aromatic heterocycles. The van der Waals surface area contributed by atoms with Crippen LogP contribution < -0.4 is 0 Å². The van der Waals surface area contributed by atoms with Gasteiger partial charge in [0.2, 0.25) is 0 Å². The van der Waals surface area contributed by atoms with Crippen LogP contribution in [0.4, 0.5) is 0 Å². The molecule has 1 N–H and O–H groups in total. The molecule has 8 heavy (non-hydrogen) atoms. The quantitative estimate of drug-likeness (QED) is 0.432. The zero-order valence-corrected chi connectivity index (χ0v) is 4.76. The van der Waals surface area contributed by atoms with Crippen molar-refractivity contribution in [2.45, 2.75) is 11.5 Å². The lowest BCUT2D eigenvalue weighted by molar-refractivity contribution is -0.136. The number of epoxide rings is 1. The maximum absolute atomic E-state index is 9.97. The summed E-state index contributed by atoms with van der Waals surface area (Å²) < 4.78 is 4.62. The summed E-state index contributed by atoms with van der Waals surface area (Å²) in [4.78, 5) is 9.97. The minimum absolute atomic E-state index is 0.242. The summed E-state index contributed by atoms with van der Waals surface area (Å²) in [5, 5.41) is 7.33. The maximum Gasteiger partial charge on any atom is 0.324 e. The molecule has 1 aliphatic rings. The fraction of sp³-hybridized carbons (Fsp3) is 0.750. The lowest BCUT2D eigenvalue weighted by Gasteiger charge is -1.93. The molecular weight excluding hydrogens is 131 g/mol. The number of alkyl halides is 1. The second kappa shape index (κ2) is 1.91. The van der Waals surface area contributed by atoms with Gasteiger partial charge >= 0.3 is 5.97 Å². The van der Waals surface area contributed by atoms with Crippen molar-refractivity contribution in [1.29, 1.82) is 0 Å². The molecule has 4 heteroatoms. The van der Waals surface area contributed by atoms with Gasteiger partial charge in [-0.05, 0) is 0 Å². The molecule has 1 aliphatic heterocycles. The number of ether oxygens (including phenoxy) is 1. The van der Waals surface area contributed by atoms with Crippen LogP contribution in [0, 0.1) is 0 Å². The molecule has 0 aromatic carbocycles. The minimum Gasteiger partial charge on any atom is -0.480 e. The van der Waals surface area contributed by atoms with Crippen molar-refractivity contribution < 1.29 is 14.6 Å². The summed E-state index contributed by atoms with van der Waals surface area (Å²) in [5.74, 6) is -1.01. The molecule has 2 atom stereocenters. The van der Waals surface area contributed by atoms with Crippen molar-refractivity contribution in [3.63, 3.8) is 0 Å². The topological polar surface area (TPSA) is 49.8 Å². The van der Waals surface area contributed by atoms with Crippen molar-refractivity contribution in [2.24, 2.45) is 0 Å². The number of rotatable bonds is 2. The van der Waals surface area contributed by atoms with Crippen LogP contribution in [0.1, 0.15) is 0 Å². The van der Waals surface area contributed by atoms with Crippen molar-refractivity contribution >= 4 is 17.6 Å². The van der Waals surface area contributed by atoms with Gasteiger partial charge in [0.25, 0.3) is 0 Å².